The highest BCUT2D eigenvalue weighted by atomic mass is 19.2. The van der Waals surface area contributed by atoms with Gasteiger partial charge in [0.05, 0.1) is 0 Å². The molecule has 0 amide bonds. The Hall–Kier alpha value is -2.23. The first-order valence-corrected chi connectivity index (χ1v) is 11.7. The highest BCUT2D eigenvalue weighted by Crippen LogP contribution is 2.42. The molecule has 0 N–H and O–H groups in total. The first kappa shape index (κ1) is 22.0. The second-order valence-corrected chi connectivity index (χ2v) is 9.07. The molecule has 0 bridgehead atoms. The van der Waals surface area contributed by atoms with Crippen molar-refractivity contribution < 1.29 is 17.9 Å². The zero-order chi connectivity index (χ0) is 22.0. The van der Waals surface area contributed by atoms with Gasteiger partial charge in [0, 0.05) is 23.1 Å². The van der Waals surface area contributed by atoms with E-state index < -0.39 is 17.5 Å². The number of ether oxygens (including phenoxy) is 1. The molecule has 4 rings (SSSR count). The summed E-state index contributed by atoms with van der Waals surface area (Å²) >= 11 is 0. The number of hydrogen-bond donors (Lipinski definition) is 0. The van der Waals surface area contributed by atoms with Crippen LogP contribution in [-0.4, -0.2) is 0 Å². The Balaban J connectivity index is 1.55. The molecule has 1 fully saturated rings. The molecule has 166 valence electrons. The van der Waals surface area contributed by atoms with E-state index in [1.807, 2.05) is 19.1 Å². The smallest absolute Gasteiger partial charge is 0.202 e. The van der Waals surface area contributed by atoms with Crippen LogP contribution in [0.25, 0.3) is 6.08 Å². The molecule has 0 saturated heterocycles. The fourth-order valence-corrected chi connectivity index (χ4v) is 5.02. The van der Waals surface area contributed by atoms with Crippen LogP contribution in [0.5, 0.6) is 11.5 Å². The van der Waals surface area contributed by atoms with Gasteiger partial charge in [0.15, 0.2) is 23.1 Å². The van der Waals surface area contributed by atoms with E-state index in [9.17, 15) is 13.2 Å². The summed E-state index contributed by atoms with van der Waals surface area (Å²) in [6.07, 6.45) is 12.6. The standard InChI is InChI=1S/C27H31F3O/c1-3-5-17-7-9-18(10-8-17)11-12-20-15-22-16-21-14-13-19(6-4-2)24(29)26(21)31-27(22)25(30)23(20)28/h11-15,17-18H,3-10,16H2,1-2H3/b12-11+. The monoisotopic (exact) mass is 428 g/mol. The molecule has 2 aromatic carbocycles. The highest BCUT2D eigenvalue weighted by Gasteiger charge is 2.28. The zero-order valence-corrected chi connectivity index (χ0v) is 18.4. The minimum absolute atomic E-state index is 0.0314. The molecule has 0 aromatic heterocycles. The summed E-state index contributed by atoms with van der Waals surface area (Å²) in [6.45, 7) is 4.19. The van der Waals surface area contributed by atoms with E-state index in [4.69, 9.17) is 4.74 Å². The topological polar surface area (TPSA) is 9.23 Å². The molecule has 0 radical (unpaired) electrons. The van der Waals surface area contributed by atoms with Crippen LogP contribution >= 0.6 is 0 Å². The van der Waals surface area contributed by atoms with Gasteiger partial charge < -0.3 is 4.74 Å². The van der Waals surface area contributed by atoms with Crippen molar-refractivity contribution in [1.82, 2.24) is 0 Å². The predicted molar refractivity (Wildman–Crippen MR) is 119 cm³/mol. The summed E-state index contributed by atoms with van der Waals surface area (Å²) in [5.74, 6) is -1.36. The minimum Gasteiger partial charge on any atom is -0.450 e. The van der Waals surface area contributed by atoms with Gasteiger partial charge in [0.2, 0.25) is 5.82 Å². The van der Waals surface area contributed by atoms with Gasteiger partial charge in [-0.2, -0.15) is 4.39 Å². The summed E-state index contributed by atoms with van der Waals surface area (Å²) in [5.41, 5.74) is 2.00. The fourth-order valence-electron chi connectivity index (χ4n) is 5.02. The molecule has 2 aliphatic rings. The molecule has 0 unspecified atom stereocenters. The van der Waals surface area contributed by atoms with Gasteiger partial charge in [0.1, 0.15) is 0 Å². The van der Waals surface area contributed by atoms with E-state index >= 15 is 0 Å². The second kappa shape index (κ2) is 9.50. The Morgan fingerprint density at radius 3 is 2.35 bits per heavy atom. The summed E-state index contributed by atoms with van der Waals surface area (Å²) in [5, 5.41) is 0. The van der Waals surface area contributed by atoms with Crippen molar-refractivity contribution in [3.05, 3.63) is 64.0 Å². The molecule has 2 aromatic rings. The molecule has 1 heterocycles. The third-order valence-corrected chi connectivity index (χ3v) is 6.77. The van der Waals surface area contributed by atoms with Crippen LogP contribution in [0, 0.1) is 29.3 Å². The van der Waals surface area contributed by atoms with E-state index in [2.05, 4.69) is 6.92 Å². The van der Waals surface area contributed by atoms with Crippen molar-refractivity contribution in [1.29, 1.82) is 0 Å². The lowest BCUT2D eigenvalue weighted by Crippen LogP contribution is -2.13. The van der Waals surface area contributed by atoms with Crippen molar-refractivity contribution in [2.75, 3.05) is 0 Å². The molecule has 4 heteroatoms. The van der Waals surface area contributed by atoms with E-state index in [0.717, 1.165) is 25.2 Å². The molecule has 1 saturated carbocycles. The van der Waals surface area contributed by atoms with Gasteiger partial charge in [0.25, 0.3) is 0 Å². The second-order valence-electron chi connectivity index (χ2n) is 9.07. The molecule has 1 aliphatic carbocycles. The Labute approximate surface area is 183 Å². The van der Waals surface area contributed by atoms with Gasteiger partial charge in [-0.15, -0.1) is 0 Å². The van der Waals surface area contributed by atoms with Crippen LogP contribution < -0.4 is 4.74 Å². The highest BCUT2D eigenvalue weighted by molar-refractivity contribution is 5.59. The maximum Gasteiger partial charge on any atom is 0.202 e. The first-order valence-electron chi connectivity index (χ1n) is 11.7. The van der Waals surface area contributed by atoms with Gasteiger partial charge in [-0.25, -0.2) is 8.78 Å². The van der Waals surface area contributed by atoms with Crippen LogP contribution in [0.15, 0.2) is 24.3 Å². The Kier molecular flexibility index (Phi) is 6.74. The quantitative estimate of drug-likeness (QED) is 0.383. The SMILES string of the molecule is CCCc1ccc2c(c1F)Oc1c(cc(/C=C/C3CCC(CCC)CC3)c(F)c1F)C2. The maximum atomic E-state index is 14.9. The maximum absolute atomic E-state index is 14.9. The normalized spacial score (nSPS) is 20.4. The lowest BCUT2D eigenvalue weighted by Gasteiger charge is -2.26. The Morgan fingerprint density at radius 1 is 0.903 bits per heavy atom. The molecular formula is C27H31F3O. The number of rotatable bonds is 6. The van der Waals surface area contributed by atoms with Gasteiger partial charge in [-0.3, -0.25) is 0 Å². The molecule has 0 spiro atoms. The molecule has 1 nitrogen and oxygen atoms in total. The molecule has 31 heavy (non-hydrogen) atoms. The van der Waals surface area contributed by atoms with Crippen LogP contribution in [-0.2, 0) is 12.8 Å². The number of halogens is 3. The first-order chi connectivity index (χ1) is 15.0. The van der Waals surface area contributed by atoms with Crippen molar-refractivity contribution in [3.63, 3.8) is 0 Å². The lowest BCUT2D eigenvalue weighted by molar-refractivity contribution is 0.294. The van der Waals surface area contributed by atoms with E-state index in [1.54, 1.807) is 18.2 Å². The average molecular weight is 429 g/mol. The van der Waals surface area contributed by atoms with Crippen LogP contribution in [0.2, 0.25) is 0 Å². The summed E-state index contributed by atoms with van der Waals surface area (Å²) < 4.78 is 50.0. The van der Waals surface area contributed by atoms with E-state index in [-0.39, 0.29) is 17.1 Å². The molecule has 0 atom stereocenters. The Bertz CT molecular complexity index is 971. The largest absolute Gasteiger partial charge is 0.450 e. The zero-order valence-electron chi connectivity index (χ0n) is 18.4. The summed E-state index contributed by atoms with van der Waals surface area (Å²) in [7, 11) is 0. The summed E-state index contributed by atoms with van der Waals surface area (Å²) in [6, 6.07) is 5.24. The predicted octanol–water partition coefficient (Wildman–Crippen LogP) is 8.37. The summed E-state index contributed by atoms with van der Waals surface area (Å²) in [4.78, 5) is 0. The van der Waals surface area contributed by atoms with Crippen molar-refractivity contribution in [2.45, 2.75) is 71.6 Å². The number of hydrogen-bond acceptors (Lipinski definition) is 1. The minimum atomic E-state index is -1.03. The number of aryl methyl sites for hydroxylation is 1. The third kappa shape index (κ3) is 4.53. The average Bonchev–Trinajstić information content (AvgIpc) is 2.78. The van der Waals surface area contributed by atoms with Crippen molar-refractivity contribution >= 4 is 6.08 Å². The Morgan fingerprint density at radius 2 is 1.65 bits per heavy atom. The van der Waals surface area contributed by atoms with Crippen LogP contribution in [0.1, 0.15) is 81.0 Å². The number of benzene rings is 2. The van der Waals surface area contributed by atoms with Crippen molar-refractivity contribution in [3.8, 4) is 11.5 Å². The van der Waals surface area contributed by atoms with E-state index in [1.165, 1.54) is 25.7 Å². The van der Waals surface area contributed by atoms with Gasteiger partial charge >= 0.3 is 0 Å². The van der Waals surface area contributed by atoms with Gasteiger partial charge in [-0.1, -0.05) is 57.4 Å². The third-order valence-electron chi connectivity index (χ3n) is 6.77. The molecular weight excluding hydrogens is 397 g/mol. The number of fused-ring (bicyclic) bond motifs is 2. The molecule has 1 aliphatic heterocycles. The fraction of sp³-hybridized carbons (Fsp3) is 0.481. The van der Waals surface area contributed by atoms with Gasteiger partial charge in [-0.05, 0) is 55.6 Å². The lowest BCUT2D eigenvalue weighted by atomic mass is 9.80. The van der Waals surface area contributed by atoms with E-state index in [0.29, 0.717) is 35.4 Å². The van der Waals surface area contributed by atoms with Crippen molar-refractivity contribution in [2.24, 2.45) is 11.8 Å². The van der Waals surface area contributed by atoms with Crippen LogP contribution in [0.4, 0.5) is 13.2 Å². The number of allylic oxidation sites excluding steroid dienone is 1. The van der Waals surface area contributed by atoms with Crippen LogP contribution in [0.3, 0.4) is 0 Å².